The third kappa shape index (κ3) is 4.16. The monoisotopic (exact) mass is 374 g/mol. The minimum Gasteiger partial charge on any atom is -0.324 e. The summed E-state index contributed by atoms with van der Waals surface area (Å²) in [7, 11) is 0. The third-order valence-corrected chi connectivity index (χ3v) is 4.17. The first-order valence-corrected chi connectivity index (χ1v) is 8.32. The first-order valence-electron chi connectivity index (χ1n) is 8.32. The quantitative estimate of drug-likeness (QED) is 0.719. The molecule has 0 aliphatic carbocycles. The van der Waals surface area contributed by atoms with Gasteiger partial charge in [-0.3, -0.25) is 4.79 Å². The average molecular weight is 374 g/mol. The molecule has 1 amide bonds. The molecule has 0 radical (unpaired) electrons. The van der Waals surface area contributed by atoms with Gasteiger partial charge in [-0.15, -0.1) is 0 Å². The van der Waals surface area contributed by atoms with Crippen molar-refractivity contribution in [2.45, 2.75) is 25.4 Å². The molecule has 0 saturated carbocycles. The number of aromatic nitrogens is 3. The van der Waals surface area contributed by atoms with Crippen molar-refractivity contribution in [3.63, 3.8) is 0 Å². The molecule has 0 spiro atoms. The van der Waals surface area contributed by atoms with Crippen molar-refractivity contribution in [1.29, 1.82) is 0 Å². The van der Waals surface area contributed by atoms with E-state index in [9.17, 15) is 18.0 Å². The van der Waals surface area contributed by atoms with Crippen LogP contribution in [0.25, 0.3) is 5.69 Å². The lowest BCUT2D eigenvalue weighted by atomic mass is 9.95. The second-order valence-electron chi connectivity index (χ2n) is 5.93. The molecule has 0 aliphatic rings. The lowest BCUT2D eigenvalue weighted by Crippen LogP contribution is -2.22. The molecule has 2 aromatic carbocycles. The summed E-state index contributed by atoms with van der Waals surface area (Å²) in [6.45, 7) is 1.85. The Morgan fingerprint density at radius 3 is 2.52 bits per heavy atom. The van der Waals surface area contributed by atoms with Crippen LogP contribution < -0.4 is 5.32 Å². The van der Waals surface area contributed by atoms with Gasteiger partial charge < -0.3 is 5.32 Å². The Labute approximate surface area is 153 Å². The molecule has 5 nitrogen and oxygen atoms in total. The smallest absolute Gasteiger partial charge is 0.324 e. The highest BCUT2D eigenvalue weighted by Gasteiger charge is 2.31. The number of carbonyl (C=O) groups is 1. The molecule has 8 heteroatoms. The molecule has 1 atom stereocenters. The van der Waals surface area contributed by atoms with Gasteiger partial charge in [0.15, 0.2) is 0 Å². The fourth-order valence-electron chi connectivity index (χ4n) is 2.82. The maximum atomic E-state index is 13.1. The minimum absolute atomic E-state index is 0.0229. The third-order valence-electron chi connectivity index (χ3n) is 4.17. The van der Waals surface area contributed by atoms with E-state index in [1.807, 2.05) is 37.3 Å². The number of amides is 1. The molecule has 27 heavy (non-hydrogen) atoms. The van der Waals surface area contributed by atoms with Gasteiger partial charge in [0, 0.05) is 0 Å². The highest BCUT2D eigenvalue weighted by atomic mass is 19.4. The van der Waals surface area contributed by atoms with Crippen LogP contribution in [0.3, 0.4) is 0 Å². The van der Waals surface area contributed by atoms with Gasteiger partial charge >= 0.3 is 6.18 Å². The van der Waals surface area contributed by atoms with Gasteiger partial charge in [0.2, 0.25) is 5.91 Å². The summed E-state index contributed by atoms with van der Waals surface area (Å²) < 4.78 is 40.7. The normalized spacial score (nSPS) is 12.6. The minimum atomic E-state index is -4.52. The maximum Gasteiger partial charge on any atom is 0.416 e. The van der Waals surface area contributed by atoms with Gasteiger partial charge in [-0.05, 0) is 30.2 Å². The largest absolute Gasteiger partial charge is 0.416 e. The lowest BCUT2D eigenvalue weighted by molar-refractivity contribution is -0.137. The van der Waals surface area contributed by atoms with Crippen molar-refractivity contribution in [2.24, 2.45) is 0 Å². The number of halogens is 3. The number of hydrogen-bond acceptors (Lipinski definition) is 3. The van der Waals surface area contributed by atoms with Crippen molar-refractivity contribution >= 4 is 11.6 Å². The molecule has 1 N–H and O–H groups in total. The zero-order valence-electron chi connectivity index (χ0n) is 14.4. The molecular formula is C19H17F3N4O. The average Bonchev–Trinajstić information content (AvgIpc) is 3.17. The second-order valence-corrected chi connectivity index (χ2v) is 5.93. The maximum absolute atomic E-state index is 13.1. The number of nitrogens with one attached hydrogen (secondary N) is 1. The summed E-state index contributed by atoms with van der Waals surface area (Å²) in [5.74, 6) is -0.867. The second kappa shape index (κ2) is 7.61. The Morgan fingerprint density at radius 1 is 1.19 bits per heavy atom. The predicted molar refractivity (Wildman–Crippen MR) is 94.5 cm³/mol. The Balaban J connectivity index is 1.97. The topological polar surface area (TPSA) is 59.8 Å². The summed E-state index contributed by atoms with van der Waals surface area (Å²) in [6.07, 6.45) is -1.40. The van der Waals surface area contributed by atoms with Gasteiger partial charge in [0.1, 0.15) is 12.7 Å². The number of rotatable bonds is 5. The Bertz CT molecular complexity index is 908. The molecule has 1 aromatic heterocycles. The highest BCUT2D eigenvalue weighted by Crippen LogP contribution is 2.34. The SMILES string of the molecule is CCC(C(=O)Nc1cc(C(F)(F)F)ccc1-n1cncn1)c1ccccc1. The van der Waals surface area contributed by atoms with E-state index in [0.717, 1.165) is 17.7 Å². The fourth-order valence-corrected chi connectivity index (χ4v) is 2.82. The predicted octanol–water partition coefficient (Wildman–Crippen LogP) is 4.42. The van der Waals surface area contributed by atoms with E-state index in [1.54, 1.807) is 0 Å². The van der Waals surface area contributed by atoms with Crippen LogP contribution in [0.15, 0.2) is 61.2 Å². The molecule has 0 saturated heterocycles. The van der Waals surface area contributed by atoms with Gasteiger partial charge in [0.05, 0.1) is 22.9 Å². The first-order chi connectivity index (χ1) is 12.9. The molecule has 1 heterocycles. The number of alkyl halides is 3. The summed E-state index contributed by atoms with van der Waals surface area (Å²) >= 11 is 0. The Hall–Kier alpha value is -3.16. The highest BCUT2D eigenvalue weighted by molar-refractivity contribution is 5.97. The first kappa shape index (κ1) is 18.6. The van der Waals surface area contributed by atoms with Crippen LogP contribution in [0.1, 0.15) is 30.4 Å². The van der Waals surface area contributed by atoms with E-state index in [4.69, 9.17) is 0 Å². The van der Waals surface area contributed by atoms with Crippen molar-refractivity contribution in [1.82, 2.24) is 14.8 Å². The Kier molecular flexibility index (Phi) is 5.25. The van der Waals surface area contributed by atoms with Crippen molar-refractivity contribution < 1.29 is 18.0 Å². The van der Waals surface area contributed by atoms with Crippen LogP contribution in [0.5, 0.6) is 0 Å². The van der Waals surface area contributed by atoms with E-state index in [1.165, 1.54) is 23.4 Å². The van der Waals surface area contributed by atoms with Crippen molar-refractivity contribution in [3.8, 4) is 5.69 Å². The van der Waals surface area contributed by atoms with Crippen LogP contribution in [0.2, 0.25) is 0 Å². The number of benzene rings is 2. The van der Waals surface area contributed by atoms with Crippen LogP contribution in [0.4, 0.5) is 18.9 Å². The molecule has 1 unspecified atom stereocenters. The zero-order chi connectivity index (χ0) is 19.4. The number of anilines is 1. The molecule has 3 aromatic rings. The molecule has 140 valence electrons. The Morgan fingerprint density at radius 2 is 1.93 bits per heavy atom. The number of nitrogens with zero attached hydrogens (tertiary/aromatic N) is 3. The van der Waals surface area contributed by atoms with Crippen LogP contribution in [0, 0.1) is 0 Å². The van der Waals surface area contributed by atoms with Crippen LogP contribution in [-0.4, -0.2) is 20.7 Å². The van der Waals surface area contributed by atoms with E-state index in [0.29, 0.717) is 12.1 Å². The standard InChI is InChI=1S/C19H17F3N4O/c1-2-15(13-6-4-3-5-7-13)18(27)25-16-10-14(19(20,21)22)8-9-17(16)26-12-23-11-24-26/h3-12,15H,2H2,1H3,(H,25,27). The summed E-state index contributed by atoms with van der Waals surface area (Å²) in [5.41, 5.74) is 0.271. The van der Waals surface area contributed by atoms with E-state index < -0.39 is 17.7 Å². The zero-order valence-corrected chi connectivity index (χ0v) is 14.4. The van der Waals surface area contributed by atoms with Crippen LogP contribution in [-0.2, 0) is 11.0 Å². The summed E-state index contributed by atoms with van der Waals surface area (Å²) in [6, 6.07) is 12.2. The van der Waals surface area contributed by atoms with E-state index >= 15 is 0 Å². The van der Waals surface area contributed by atoms with Crippen LogP contribution >= 0.6 is 0 Å². The van der Waals surface area contributed by atoms with Crippen molar-refractivity contribution in [2.75, 3.05) is 5.32 Å². The molecule has 3 rings (SSSR count). The lowest BCUT2D eigenvalue weighted by Gasteiger charge is -2.18. The molecule has 0 bridgehead atoms. The van der Waals surface area contributed by atoms with Gasteiger partial charge in [-0.1, -0.05) is 37.3 Å². The van der Waals surface area contributed by atoms with Gasteiger partial charge in [-0.2, -0.15) is 18.3 Å². The number of carbonyl (C=O) groups excluding carboxylic acids is 1. The summed E-state index contributed by atoms with van der Waals surface area (Å²) in [4.78, 5) is 16.6. The molecule has 0 aliphatic heterocycles. The van der Waals surface area contributed by atoms with Gasteiger partial charge in [0.25, 0.3) is 0 Å². The van der Waals surface area contributed by atoms with Gasteiger partial charge in [-0.25, -0.2) is 9.67 Å². The number of hydrogen-bond donors (Lipinski definition) is 1. The van der Waals surface area contributed by atoms with E-state index in [-0.39, 0.29) is 11.6 Å². The van der Waals surface area contributed by atoms with E-state index in [2.05, 4.69) is 15.4 Å². The fraction of sp³-hybridized carbons (Fsp3) is 0.211. The summed E-state index contributed by atoms with van der Waals surface area (Å²) in [5, 5.41) is 6.58. The molecular weight excluding hydrogens is 357 g/mol. The molecule has 0 fully saturated rings. The van der Waals surface area contributed by atoms with Crippen molar-refractivity contribution in [3.05, 3.63) is 72.3 Å².